The number of aliphatic hydroxyl groups is 1. The zero-order chi connectivity index (χ0) is 14.1. The second-order valence-electron chi connectivity index (χ2n) is 5.06. The Morgan fingerprint density at radius 1 is 1.21 bits per heavy atom. The Bertz CT molecular complexity index is 293. The molecule has 1 fully saturated rings. The van der Waals surface area contributed by atoms with Crippen LogP contribution >= 0.6 is 0 Å². The average Bonchev–Trinajstić information content (AvgIpc) is 2.90. The molecule has 0 spiro atoms. The molecule has 0 unspecified atom stereocenters. The van der Waals surface area contributed by atoms with Gasteiger partial charge in [-0.15, -0.1) is 0 Å². The Morgan fingerprint density at radius 2 is 1.89 bits per heavy atom. The quantitative estimate of drug-likeness (QED) is 0.536. The Kier molecular flexibility index (Phi) is 7.48. The number of unbranched alkanes of at least 4 members (excludes halogenated alkanes) is 3. The predicted octanol–water partition coefficient (Wildman–Crippen LogP) is 1.48. The summed E-state index contributed by atoms with van der Waals surface area (Å²) < 4.78 is 4.56. The van der Waals surface area contributed by atoms with Crippen LogP contribution < -0.4 is 0 Å². The molecular weight excluding hydrogens is 246 g/mol. The normalized spacial score (nSPS) is 18.6. The summed E-state index contributed by atoms with van der Waals surface area (Å²) in [6.45, 7) is 0.858. The Morgan fingerprint density at radius 3 is 2.53 bits per heavy atom. The van der Waals surface area contributed by atoms with E-state index in [0.29, 0.717) is 12.8 Å². The van der Waals surface area contributed by atoms with Gasteiger partial charge in [-0.25, -0.2) is 0 Å². The largest absolute Gasteiger partial charge is 0.469 e. The topological polar surface area (TPSA) is 66.8 Å². The van der Waals surface area contributed by atoms with Gasteiger partial charge in [0.25, 0.3) is 0 Å². The second kappa shape index (κ2) is 8.91. The third kappa shape index (κ3) is 5.59. The highest BCUT2D eigenvalue weighted by molar-refractivity contribution is 5.76. The van der Waals surface area contributed by atoms with Crippen LogP contribution in [0.4, 0.5) is 0 Å². The van der Waals surface area contributed by atoms with Crippen LogP contribution in [0.25, 0.3) is 0 Å². The number of esters is 1. The van der Waals surface area contributed by atoms with E-state index >= 15 is 0 Å². The maximum Gasteiger partial charge on any atom is 0.305 e. The highest BCUT2D eigenvalue weighted by atomic mass is 16.5. The molecule has 1 amide bonds. The maximum atomic E-state index is 11.9. The summed E-state index contributed by atoms with van der Waals surface area (Å²) in [5.41, 5.74) is 0. The zero-order valence-corrected chi connectivity index (χ0v) is 11.8. The van der Waals surface area contributed by atoms with Crippen LogP contribution in [0.15, 0.2) is 0 Å². The van der Waals surface area contributed by atoms with Crippen molar-refractivity contribution in [3.05, 3.63) is 0 Å². The van der Waals surface area contributed by atoms with Crippen molar-refractivity contribution in [2.24, 2.45) is 0 Å². The molecule has 5 heteroatoms. The number of nitrogens with zero attached hydrogens (tertiary/aromatic N) is 1. The first-order valence-electron chi connectivity index (χ1n) is 7.16. The lowest BCUT2D eigenvalue weighted by atomic mass is 10.1. The fourth-order valence-electron chi connectivity index (χ4n) is 2.50. The molecule has 0 bridgehead atoms. The SMILES string of the molecule is COC(=O)CCCCCCC(=O)N1CCC[C@H]1CO. The van der Waals surface area contributed by atoms with E-state index in [1.165, 1.54) is 7.11 Å². The van der Waals surface area contributed by atoms with Crippen molar-refractivity contribution in [2.75, 3.05) is 20.3 Å². The van der Waals surface area contributed by atoms with Gasteiger partial charge >= 0.3 is 5.97 Å². The molecule has 110 valence electrons. The molecule has 0 aliphatic carbocycles. The van der Waals surface area contributed by atoms with Crippen LogP contribution in [0.5, 0.6) is 0 Å². The van der Waals surface area contributed by atoms with Crippen molar-refractivity contribution < 1.29 is 19.4 Å². The van der Waals surface area contributed by atoms with Crippen LogP contribution in [-0.4, -0.2) is 48.2 Å². The summed E-state index contributed by atoms with van der Waals surface area (Å²) >= 11 is 0. The minimum atomic E-state index is -0.168. The van der Waals surface area contributed by atoms with Crippen molar-refractivity contribution in [3.63, 3.8) is 0 Å². The molecule has 1 saturated heterocycles. The third-order valence-corrected chi connectivity index (χ3v) is 3.66. The van der Waals surface area contributed by atoms with E-state index < -0.39 is 0 Å². The summed E-state index contributed by atoms with van der Waals surface area (Å²) in [5.74, 6) is -0.0107. The molecule has 1 atom stereocenters. The number of hydrogen-bond donors (Lipinski definition) is 1. The third-order valence-electron chi connectivity index (χ3n) is 3.66. The average molecular weight is 271 g/mol. The summed E-state index contributed by atoms with van der Waals surface area (Å²) in [7, 11) is 1.40. The van der Waals surface area contributed by atoms with Gasteiger partial charge in [0.1, 0.15) is 0 Å². The summed E-state index contributed by atoms with van der Waals surface area (Å²) in [6.07, 6.45) is 6.51. The van der Waals surface area contributed by atoms with E-state index in [1.54, 1.807) is 0 Å². The number of carbonyl (C=O) groups is 2. The Hall–Kier alpha value is -1.10. The van der Waals surface area contributed by atoms with Crippen molar-refractivity contribution in [1.82, 2.24) is 4.90 Å². The lowest BCUT2D eigenvalue weighted by molar-refractivity contribution is -0.140. The minimum absolute atomic E-state index is 0.0341. The second-order valence-corrected chi connectivity index (χ2v) is 5.06. The van der Waals surface area contributed by atoms with Gasteiger partial charge < -0.3 is 14.7 Å². The van der Waals surface area contributed by atoms with Gasteiger partial charge in [0, 0.05) is 19.4 Å². The predicted molar refractivity (Wildman–Crippen MR) is 71.5 cm³/mol. The molecule has 1 aliphatic heterocycles. The molecule has 1 N–H and O–H groups in total. The van der Waals surface area contributed by atoms with Gasteiger partial charge in [-0.05, 0) is 25.7 Å². The van der Waals surface area contributed by atoms with Crippen molar-refractivity contribution in [3.8, 4) is 0 Å². The molecule has 0 radical (unpaired) electrons. The van der Waals surface area contributed by atoms with E-state index in [-0.39, 0.29) is 24.5 Å². The number of methoxy groups -OCH3 is 1. The summed E-state index contributed by atoms with van der Waals surface area (Å²) in [5, 5.41) is 9.16. The minimum Gasteiger partial charge on any atom is -0.469 e. The Labute approximate surface area is 114 Å². The molecule has 1 rings (SSSR count). The number of amides is 1. The van der Waals surface area contributed by atoms with E-state index in [2.05, 4.69) is 4.74 Å². The fourth-order valence-corrected chi connectivity index (χ4v) is 2.50. The first-order chi connectivity index (χ1) is 9.19. The summed E-state index contributed by atoms with van der Waals surface area (Å²) in [6, 6.07) is 0.0341. The van der Waals surface area contributed by atoms with E-state index in [0.717, 1.165) is 45.1 Å². The standard InChI is InChI=1S/C14H25NO4/c1-19-14(18)9-5-3-2-4-8-13(17)15-10-6-7-12(15)11-16/h12,16H,2-11H2,1H3/t12-/m0/s1. The summed E-state index contributed by atoms with van der Waals surface area (Å²) in [4.78, 5) is 24.6. The molecule has 0 aromatic carbocycles. The van der Waals surface area contributed by atoms with Crippen molar-refractivity contribution >= 4 is 11.9 Å². The smallest absolute Gasteiger partial charge is 0.305 e. The molecule has 1 aliphatic rings. The number of rotatable bonds is 8. The van der Waals surface area contributed by atoms with Crippen LogP contribution in [0.3, 0.4) is 0 Å². The maximum absolute atomic E-state index is 11.9. The lowest BCUT2D eigenvalue weighted by Gasteiger charge is -2.22. The van der Waals surface area contributed by atoms with E-state index in [9.17, 15) is 9.59 Å². The number of ether oxygens (including phenoxy) is 1. The van der Waals surface area contributed by atoms with Crippen LogP contribution in [0.2, 0.25) is 0 Å². The monoisotopic (exact) mass is 271 g/mol. The highest BCUT2D eigenvalue weighted by Gasteiger charge is 2.27. The van der Waals surface area contributed by atoms with Crippen molar-refractivity contribution in [2.45, 2.75) is 57.4 Å². The van der Waals surface area contributed by atoms with Crippen LogP contribution in [0.1, 0.15) is 51.4 Å². The molecule has 19 heavy (non-hydrogen) atoms. The molecule has 0 saturated carbocycles. The molecular formula is C14H25NO4. The zero-order valence-electron chi connectivity index (χ0n) is 11.8. The Balaban J connectivity index is 2.06. The van der Waals surface area contributed by atoms with Crippen LogP contribution in [-0.2, 0) is 14.3 Å². The van der Waals surface area contributed by atoms with Crippen molar-refractivity contribution in [1.29, 1.82) is 0 Å². The van der Waals surface area contributed by atoms with Gasteiger partial charge in [-0.3, -0.25) is 9.59 Å². The molecule has 5 nitrogen and oxygen atoms in total. The van der Waals surface area contributed by atoms with Gasteiger partial charge in [-0.1, -0.05) is 12.8 Å². The van der Waals surface area contributed by atoms with Gasteiger partial charge in [-0.2, -0.15) is 0 Å². The number of carbonyl (C=O) groups excluding carboxylic acids is 2. The lowest BCUT2D eigenvalue weighted by Crippen LogP contribution is -2.37. The first kappa shape index (κ1) is 16.0. The van der Waals surface area contributed by atoms with Gasteiger partial charge in [0.15, 0.2) is 0 Å². The van der Waals surface area contributed by atoms with E-state index in [1.807, 2.05) is 4.90 Å². The molecule has 0 aromatic heterocycles. The van der Waals surface area contributed by atoms with Gasteiger partial charge in [0.05, 0.1) is 19.8 Å². The van der Waals surface area contributed by atoms with Gasteiger partial charge in [0.2, 0.25) is 5.91 Å². The number of hydrogen-bond acceptors (Lipinski definition) is 4. The molecule has 1 heterocycles. The van der Waals surface area contributed by atoms with Crippen LogP contribution in [0, 0.1) is 0 Å². The highest BCUT2D eigenvalue weighted by Crippen LogP contribution is 2.18. The fraction of sp³-hybridized carbons (Fsp3) is 0.857. The first-order valence-corrected chi connectivity index (χ1v) is 7.16. The number of likely N-dealkylation sites (tertiary alicyclic amines) is 1. The number of aliphatic hydroxyl groups excluding tert-OH is 1. The molecule has 0 aromatic rings. The van der Waals surface area contributed by atoms with E-state index in [4.69, 9.17) is 5.11 Å².